The van der Waals surface area contributed by atoms with Crippen molar-refractivity contribution in [2.45, 2.75) is 19.0 Å². The minimum Gasteiger partial charge on any atom is -0.482 e. The quantitative estimate of drug-likeness (QED) is 0.807. The number of halogens is 2. The minimum atomic E-state index is -0.451. The molecule has 7 nitrogen and oxygen atoms in total. The molecule has 1 atom stereocenters. The second kappa shape index (κ2) is 8.49. The van der Waals surface area contributed by atoms with E-state index >= 15 is 0 Å². The van der Waals surface area contributed by atoms with Crippen LogP contribution in [-0.2, 0) is 11.3 Å². The molecule has 1 aliphatic heterocycles. The largest absolute Gasteiger partial charge is 0.482 e. The van der Waals surface area contributed by atoms with E-state index in [0.29, 0.717) is 31.3 Å². The molecule has 1 aromatic heterocycles. The van der Waals surface area contributed by atoms with Crippen molar-refractivity contribution in [3.8, 4) is 5.75 Å². The molecule has 0 saturated carbocycles. The number of hydrogen-bond acceptors (Lipinski definition) is 6. The van der Waals surface area contributed by atoms with Crippen LogP contribution < -0.4 is 10.5 Å². The van der Waals surface area contributed by atoms with Crippen molar-refractivity contribution in [2.24, 2.45) is 0 Å². The number of rotatable bonds is 6. The summed E-state index contributed by atoms with van der Waals surface area (Å²) in [4.78, 5) is 24.7. The number of carbonyl (C=O) groups excluding carboxylic acids is 1. The van der Waals surface area contributed by atoms with Gasteiger partial charge in [0.25, 0.3) is 5.91 Å². The molecule has 9 heteroatoms. The molecule has 1 aromatic carbocycles. The van der Waals surface area contributed by atoms with Gasteiger partial charge in [-0.25, -0.2) is 14.4 Å². The molecule has 144 valence electrons. The second-order valence-corrected chi connectivity index (χ2v) is 6.87. The Kier molecular flexibility index (Phi) is 6.08. The van der Waals surface area contributed by atoms with Crippen LogP contribution in [0.25, 0.3) is 0 Å². The molecule has 0 radical (unpaired) electrons. The highest BCUT2D eigenvalue weighted by atomic mass is 35.5. The summed E-state index contributed by atoms with van der Waals surface area (Å²) in [6, 6.07) is 5.66. The van der Waals surface area contributed by atoms with Crippen molar-refractivity contribution >= 4 is 23.3 Å². The Morgan fingerprint density at radius 2 is 2.30 bits per heavy atom. The molecule has 3 rings (SSSR count). The fraction of sp³-hybridized carbons (Fsp3) is 0.389. The van der Waals surface area contributed by atoms with Gasteiger partial charge in [-0.05, 0) is 37.7 Å². The van der Waals surface area contributed by atoms with Gasteiger partial charge in [0.15, 0.2) is 6.61 Å². The number of nitrogens with two attached hydrogens (primary N) is 1. The summed E-state index contributed by atoms with van der Waals surface area (Å²) >= 11 is 5.91. The molecule has 0 bridgehead atoms. The van der Waals surface area contributed by atoms with E-state index in [0.717, 1.165) is 12.5 Å². The highest BCUT2D eigenvalue weighted by molar-refractivity contribution is 6.32. The van der Waals surface area contributed by atoms with Gasteiger partial charge in [-0.3, -0.25) is 9.69 Å². The smallest absolute Gasteiger partial charge is 0.260 e. The lowest BCUT2D eigenvalue weighted by Crippen LogP contribution is -2.38. The van der Waals surface area contributed by atoms with E-state index in [-0.39, 0.29) is 29.3 Å². The standard InChI is InChI=1S/C18H21ClFN5O2/c1-24(10-17-22-6-4-16(21)23-17)13-5-7-25(9-13)18(26)11-27-15-3-2-12(20)8-14(15)19/h2-4,6,8,13H,5,7,9-11H2,1H3,(H2,21,22,23)/t13-/m0/s1. The van der Waals surface area contributed by atoms with Gasteiger partial charge >= 0.3 is 0 Å². The van der Waals surface area contributed by atoms with Crippen molar-refractivity contribution in [3.05, 3.63) is 47.1 Å². The van der Waals surface area contributed by atoms with E-state index in [4.69, 9.17) is 22.1 Å². The normalized spacial score (nSPS) is 16.7. The lowest BCUT2D eigenvalue weighted by atomic mass is 10.2. The van der Waals surface area contributed by atoms with Crippen molar-refractivity contribution in [1.29, 1.82) is 0 Å². The van der Waals surface area contributed by atoms with Gasteiger partial charge in [-0.1, -0.05) is 11.6 Å². The van der Waals surface area contributed by atoms with Crippen molar-refractivity contribution in [2.75, 3.05) is 32.5 Å². The zero-order valence-electron chi connectivity index (χ0n) is 14.9. The molecule has 0 unspecified atom stereocenters. The Labute approximate surface area is 161 Å². The predicted molar refractivity (Wildman–Crippen MR) is 99.8 cm³/mol. The van der Waals surface area contributed by atoms with Gasteiger partial charge in [-0.2, -0.15) is 0 Å². The summed E-state index contributed by atoms with van der Waals surface area (Å²) in [5, 5.41) is 0.143. The fourth-order valence-corrected chi connectivity index (χ4v) is 3.22. The van der Waals surface area contributed by atoms with Gasteiger partial charge in [0.1, 0.15) is 23.2 Å². The Balaban J connectivity index is 1.50. The first-order chi connectivity index (χ1) is 12.9. The van der Waals surface area contributed by atoms with Gasteiger partial charge < -0.3 is 15.4 Å². The molecule has 1 aliphatic rings. The molecule has 2 heterocycles. The van der Waals surface area contributed by atoms with E-state index < -0.39 is 5.82 Å². The third-order valence-corrected chi connectivity index (χ3v) is 4.80. The first-order valence-electron chi connectivity index (χ1n) is 8.55. The number of nitrogens with zero attached hydrogens (tertiary/aromatic N) is 4. The number of aromatic nitrogens is 2. The number of amides is 1. The topological polar surface area (TPSA) is 84.6 Å². The monoisotopic (exact) mass is 393 g/mol. The van der Waals surface area contributed by atoms with E-state index in [1.165, 1.54) is 12.1 Å². The first-order valence-corrected chi connectivity index (χ1v) is 8.93. The molecule has 27 heavy (non-hydrogen) atoms. The molecule has 2 aromatic rings. The summed E-state index contributed by atoms with van der Waals surface area (Å²) in [6.45, 7) is 1.66. The number of likely N-dealkylation sites (N-methyl/N-ethyl adjacent to an activating group) is 1. The summed E-state index contributed by atoms with van der Waals surface area (Å²) in [7, 11) is 1.97. The molecular formula is C18H21ClFN5O2. The molecule has 1 fully saturated rings. The zero-order valence-corrected chi connectivity index (χ0v) is 15.7. The number of ether oxygens (including phenoxy) is 1. The molecule has 0 aliphatic carbocycles. The van der Waals surface area contributed by atoms with E-state index in [1.54, 1.807) is 17.2 Å². The maximum Gasteiger partial charge on any atom is 0.260 e. The third-order valence-electron chi connectivity index (χ3n) is 4.50. The summed E-state index contributed by atoms with van der Waals surface area (Å²) in [5.41, 5.74) is 5.68. The highest BCUT2D eigenvalue weighted by Gasteiger charge is 2.29. The Morgan fingerprint density at radius 1 is 1.48 bits per heavy atom. The Morgan fingerprint density at radius 3 is 3.04 bits per heavy atom. The van der Waals surface area contributed by atoms with Crippen LogP contribution in [0.5, 0.6) is 5.75 Å². The van der Waals surface area contributed by atoms with Crippen LogP contribution in [0.3, 0.4) is 0 Å². The van der Waals surface area contributed by atoms with Gasteiger partial charge in [0, 0.05) is 25.3 Å². The molecule has 0 spiro atoms. The Bertz CT molecular complexity index is 822. The van der Waals surface area contributed by atoms with Crippen LogP contribution in [-0.4, -0.2) is 58.5 Å². The Hall–Kier alpha value is -2.45. The molecule has 1 saturated heterocycles. The molecular weight excluding hydrogens is 373 g/mol. The molecule has 2 N–H and O–H groups in total. The van der Waals surface area contributed by atoms with Crippen LogP contribution >= 0.6 is 11.6 Å². The average Bonchev–Trinajstić information content (AvgIpc) is 3.11. The van der Waals surface area contributed by atoms with Crippen LogP contribution in [0.1, 0.15) is 12.2 Å². The van der Waals surface area contributed by atoms with Crippen molar-refractivity contribution < 1.29 is 13.9 Å². The van der Waals surface area contributed by atoms with E-state index in [1.807, 2.05) is 7.05 Å². The number of nitrogen functional groups attached to an aromatic ring is 1. The minimum absolute atomic E-state index is 0.133. The number of likely N-dealkylation sites (tertiary alicyclic amines) is 1. The van der Waals surface area contributed by atoms with Crippen LogP contribution in [0.4, 0.5) is 10.2 Å². The fourth-order valence-electron chi connectivity index (χ4n) is 2.99. The predicted octanol–water partition coefficient (Wildman–Crippen LogP) is 1.96. The van der Waals surface area contributed by atoms with Crippen LogP contribution in [0, 0.1) is 5.82 Å². The second-order valence-electron chi connectivity index (χ2n) is 6.46. The lowest BCUT2D eigenvalue weighted by molar-refractivity contribution is -0.132. The number of hydrogen-bond donors (Lipinski definition) is 1. The molecule has 1 amide bonds. The summed E-state index contributed by atoms with van der Waals surface area (Å²) < 4.78 is 18.5. The summed E-state index contributed by atoms with van der Waals surface area (Å²) in [5.74, 6) is 0.794. The summed E-state index contributed by atoms with van der Waals surface area (Å²) in [6.07, 6.45) is 2.48. The van der Waals surface area contributed by atoms with Gasteiger partial charge in [0.2, 0.25) is 0 Å². The van der Waals surface area contributed by atoms with Crippen LogP contribution in [0.2, 0.25) is 5.02 Å². The van der Waals surface area contributed by atoms with Crippen LogP contribution in [0.15, 0.2) is 30.5 Å². The lowest BCUT2D eigenvalue weighted by Gasteiger charge is -2.24. The zero-order chi connectivity index (χ0) is 19.4. The van der Waals surface area contributed by atoms with E-state index in [9.17, 15) is 9.18 Å². The first kappa shape index (κ1) is 19.3. The number of benzene rings is 1. The number of carbonyl (C=O) groups is 1. The van der Waals surface area contributed by atoms with E-state index in [2.05, 4.69) is 14.9 Å². The van der Waals surface area contributed by atoms with Gasteiger partial charge in [0.05, 0.1) is 11.6 Å². The third kappa shape index (κ3) is 5.05. The maximum atomic E-state index is 13.1. The maximum absolute atomic E-state index is 13.1. The van der Waals surface area contributed by atoms with Gasteiger partial charge in [-0.15, -0.1) is 0 Å². The van der Waals surface area contributed by atoms with Crippen molar-refractivity contribution in [3.63, 3.8) is 0 Å². The highest BCUT2D eigenvalue weighted by Crippen LogP contribution is 2.25. The van der Waals surface area contributed by atoms with Crippen molar-refractivity contribution in [1.82, 2.24) is 19.8 Å². The number of anilines is 1. The SMILES string of the molecule is CN(Cc1nccc(N)n1)[C@H]1CCN(C(=O)COc2ccc(F)cc2Cl)C1. The average molecular weight is 394 g/mol.